The minimum Gasteiger partial charge on any atom is -0.481 e. The monoisotopic (exact) mass is 292 g/mol. The topological polar surface area (TPSA) is 70.5 Å². The zero-order chi connectivity index (χ0) is 15.0. The Hall–Kier alpha value is -1.98. The summed E-state index contributed by atoms with van der Waals surface area (Å²) in [6.07, 6.45) is 3.37. The highest BCUT2D eigenvalue weighted by Gasteiger charge is 2.44. The van der Waals surface area contributed by atoms with Gasteiger partial charge in [-0.05, 0) is 43.7 Å². The molecule has 2 bridgehead atoms. The molecule has 2 fully saturated rings. The van der Waals surface area contributed by atoms with Crippen molar-refractivity contribution < 1.29 is 19.1 Å². The van der Waals surface area contributed by atoms with Gasteiger partial charge in [0.1, 0.15) is 5.69 Å². The number of carbonyl (C=O) groups excluding carboxylic acids is 1. The van der Waals surface area contributed by atoms with Crippen LogP contribution in [0.1, 0.15) is 42.6 Å². The van der Waals surface area contributed by atoms with E-state index in [1.54, 1.807) is 4.90 Å². The van der Waals surface area contributed by atoms with E-state index in [0.717, 1.165) is 12.8 Å². The van der Waals surface area contributed by atoms with Crippen LogP contribution in [0, 0.1) is 11.9 Å². The van der Waals surface area contributed by atoms with E-state index in [9.17, 15) is 14.0 Å². The lowest BCUT2D eigenvalue weighted by atomic mass is 9.88. The predicted octanol–water partition coefficient (Wildman–Crippen LogP) is 2.08. The molecule has 6 heteroatoms. The van der Waals surface area contributed by atoms with Crippen molar-refractivity contribution in [3.05, 3.63) is 29.8 Å². The summed E-state index contributed by atoms with van der Waals surface area (Å²) in [5.74, 6) is -1.56. The molecule has 5 nitrogen and oxygen atoms in total. The van der Waals surface area contributed by atoms with E-state index in [-0.39, 0.29) is 36.0 Å². The van der Waals surface area contributed by atoms with Crippen molar-refractivity contribution >= 4 is 11.9 Å². The van der Waals surface area contributed by atoms with E-state index < -0.39 is 11.9 Å². The third-order valence-electron chi connectivity index (χ3n) is 4.46. The molecule has 0 radical (unpaired) electrons. The van der Waals surface area contributed by atoms with E-state index in [0.29, 0.717) is 12.8 Å². The molecule has 2 aliphatic rings. The van der Waals surface area contributed by atoms with Crippen LogP contribution in [0.15, 0.2) is 18.2 Å². The lowest BCUT2D eigenvalue weighted by molar-refractivity contribution is -0.138. The molecule has 3 heterocycles. The molecule has 0 aliphatic carbocycles. The maximum Gasteiger partial charge on any atom is 0.303 e. The Balaban J connectivity index is 1.76. The molecule has 2 saturated heterocycles. The normalized spacial score (nSPS) is 27.7. The lowest BCUT2D eigenvalue weighted by Gasteiger charge is -2.38. The number of carbonyl (C=O) groups is 2. The number of pyridine rings is 1. The van der Waals surface area contributed by atoms with Crippen LogP contribution < -0.4 is 0 Å². The number of rotatable bonds is 3. The Kier molecular flexibility index (Phi) is 3.61. The summed E-state index contributed by atoms with van der Waals surface area (Å²) in [7, 11) is 0. The van der Waals surface area contributed by atoms with Crippen molar-refractivity contribution in [3.8, 4) is 0 Å². The van der Waals surface area contributed by atoms with E-state index in [1.807, 2.05) is 0 Å². The average molecular weight is 292 g/mol. The van der Waals surface area contributed by atoms with Gasteiger partial charge in [0.15, 0.2) is 0 Å². The van der Waals surface area contributed by atoms with Crippen molar-refractivity contribution in [2.75, 3.05) is 0 Å². The number of fused-ring (bicyclic) bond motifs is 2. The van der Waals surface area contributed by atoms with Crippen LogP contribution in [0.4, 0.5) is 4.39 Å². The molecule has 3 rings (SSSR count). The molecular formula is C15H17FN2O3. The van der Waals surface area contributed by atoms with Crippen LogP contribution in [-0.2, 0) is 4.79 Å². The Labute approximate surface area is 121 Å². The van der Waals surface area contributed by atoms with Gasteiger partial charge in [0.2, 0.25) is 5.95 Å². The first kappa shape index (κ1) is 14.0. The predicted molar refractivity (Wildman–Crippen MR) is 72.2 cm³/mol. The van der Waals surface area contributed by atoms with Gasteiger partial charge in [-0.2, -0.15) is 4.39 Å². The molecule has 21 heavy (non-hydrogen) atoms. The fourth-order valence-electron chi connectivity index (χ4n) is 3.69. The SMILES string of the molecule is O=C(O)CC1CC2CCC(C1)N2C(=O)c1cccc(F)n1. The van der Waals surface area contributed by atoms with E-state index in [1.165, 1.54) is 18.2 Å². The van der Waals surface area contributed by atoms with Crippen LogP contribution in [0.2, 0.25) is 0 Å². The molecule has 0 saturated carbocycles. The summed E-state index contributed by atoms with van der Waals surface area (Å²) in [6.45, 7) is 0. The maximum absolute atomic E-state index is 13.2. The van der Waals surface area contributed by atoms with Gasteiger partial charge < -0.3 is 10.0 Å². The number of halogens is 1. The molecule has 112 valence electrons. The minimum atomic E-state index is -0.786. The highest BCUT2D eigenvalue weighted by molar-refractivity contribution is 5.93. The number of amides is 1. The number of hydrogen-bond donors (Lipinski definition) is 1. The summed E-state index contributed by atoms with van der Waals surface area (Å²) < 4.78 is 13.2. The zero-order valence-corrected chi connectivity index (χ0v) is 11.5. The molecule has 0 spiro atoms. The number of hydrogen-bond acceptors (Lipinski definition) is 3. The maximum atomic E-state index is 13.2. The van der Waals surface area contributed by atoms with Crippen LogP contribution in [0.25, 0.3) is 0 Å². The van der Waals surface area contributed by atoms with Crippen LogP contribution in [0.3, 0.4) is 0 Å². The van der Waals surface area contributed by atoms with Crippen LogP contribution >= 0.6 is 0 Å². The molecule has 1 N–H and O–H groups in total. The van der Waals surface area contributed by atoms with Crippen molar-refractivity contribution in [2.24, 2.45) is 5.92 Å². The third kappa shape index (κ3) is 2.75. The molecule has 2 unspecified atom stereocenters. The molecule has 2 aliphatic heterocycles. The van der Waals surface area contributed by atoms with Gasteiger partial charge in [-0.1, -0.05) is 6.07 Å². The molecular weight excluding hydrogens is 275 g/mol. The fourth-order valence-corrected chi connectivity index (χ4v) is 3.69. The van der Waals surface area contributed by atoms with Gasteiger partial charge in [0, 0.05) is 18.5 Å². The summed E-state index contributed by atoms with van der Waals surface area (Å²) >= 11 is 0. The highest BCUT2D eigenvalue weighted by atomic mass is 19.1. The average Bonchev–Trinajstić information content (AvgIpc) is 2.69. The van der Waals surface area contributed by atoms with Crippen molar-refractivity contribution in [3.63, 3.8) is 0 Å². The van der Waals surface area contributed by atoms with Gasteiger partial charge in [0.25, 0.3) is 5.91 Å². The first-order valence-corrected chi connectivity index (χ1v) is 7.21. The number of piperidine rings is 1. The van der Waals surface area contributed by atoms with Gasteiger partial charge in [0.05, 0.1) is 0 Å². The largest absolute Gasteiger partial charge is 0.481 e. The van der Waals surface area contributed by atoms with E-state index in [2.05, 4.69) is 4.98 Å². The Bertz CT molecular complexity index is 564. The Morgan fingerprint density at radius 1 is 1.29 bits per heavy atom. The van der Waals surface area contributed by atoms with Crippen molar-refractivity contribution in [1.82, 2.24) is 9.88 Å². The van der Waals surface area contributed by atoms with Gasteiger partial charge >= 0.3 is 5.97 Å². The fraction of sp³-hybridized carbons (Fsp3) is 0.533. The molecule has 1 amide bonds. The van der Waals surface area contributed by atoms with Crippen LogP contribution in [0.5, 0.6) is 0 Å². The lowest BCUT2D eigenvalue weighted by Crippen LogP contribution is -2.47. The first-order chi connectivity index (χ1) is 10.0. The number of nitrogens with zero attached hydrogens (tertiary/aromatic N) is 2. The van der Waals surface area contributed by atoms with Gasteiger partial charge in [-0.3, -0.25) is 9.59 Å². The Morgan fingerprint density at radius 3 is 2.52 bits per heavy atom. The second-order valence-corrected chi connectivity index (χ2v) is 5.88. The highest BCUT2D eigenvalue weighted by Crippen LogP contribution is 2.40. The standard InChI is InChI=1S/C15H17FN2O3/c16-13-3-1-2-12(17-13)15(21)18-10-4-5-11(18)7-9(6-10)8-14(19)20/h1-3,9-11H,4-8H2,(H,19,20). The summed E-state index contributed by atoms with van der Waals surface area (Å²) in [4.78, 5) is 28.8. The number of aliphatic carboxylic acids is 1. The number of carboxylic acids is 1. The van der Waals surface area contributed by atoms with Crippen molar-refractivity contribution in [2.45, 2.75) is 44.2 Å². The van der Waals surface area contributed by atoms with Crippen molar-refractivity contribution in [1.29, 1.82) is 0 Å². The molecule has 2 atom stereocenters. The Morgan fingerprint density at radius 2 is 1.95 bits per heavy atom. The van der Waals surface area contributed by atoms with Crippen LogP contribution in [-0.4, -0.2) is 39.0 Å². The van der Waals surface area contributed by atoms with E-state index >= 15 is 0 Å². The molecule has 1 aromatic heterocycles. The number of aromatic nitrogens is 1. The summed E-state index contributed by atoms with van der Waals surface area (Å²) in [5.41, 5.74) is 0.128. The summed E-state index contributed by atoms with van der Waals surface area (Å²) in [6, 6.07) is 4.34. The second kappa shape index (κ2) is 5.42. The van der Waals surface area contributed by atoms with E-state index in [4.69, 9.17) is 5.11 Å². The van der Waals surface area contributed by atoms with Gasteiger partial charge in [-0.15, -0.1) is 0 Å². The third-order valence-corrected chi connectivity index (χ3v) is 4.46. The molecule has 0 aromatic carbocycles. The zero-order valence-electron chi connectivity index (χ0n) is 11.5. The number of carboxylic acid groups (broad SMARTS) is 1. The molecule has 1 aromatic rings. The first-order valence-electron chi connectivity index (χ1n) is 7.21. The smallest absolute Gasteiger partial charge is 0.303 e. The minimum absolute atomic E-state index is 0.0608. The van der Waals surface area contributed by atoms with Gasteiger partial charge in [-0.25, -0.2) is 4.98 Å². The quantitative estimate of drug-likeness (QED) is 0.866. The second-order valence-electron chi connectivity index (χ2n) is 5.88. The summed E-state index contributed by atoms with van der Waals surface area (Å²) in [5, 5.41) is 8.91.